The standard InChI is InChI=1S/C21H21NO3/c1-25-14-17(13-15-7-3-2-4-8-15)22-21(24)20-18-10-6-5-9-16(18)11-12-19(20)23/h2-12,17,23H,13-14H2,1H3,(H,22,24)/t17-/m0/s1. The van der Waals surface area contributed by atoms with Gasteiger partial charge >= 0.3 is 0 Å². The monoisotopic (exact) mass is 335 g/mol. The molecule has 0 aliphatic rings. The zero-order chi connectivity index (χ0) is 17.6. The van der Waals surface area contributed by atoms with E-state index in [1.54, 1.807) is 19.2 Å². The Hall–Kier alpha value is -2.85. The molecular weight excluding hydrogens is 314 g/mol. The van der Waals surface area contributed by atoms with Gasteiger partial charge in [0.25, 0.3) is 5.91 Å². The number of phenolic OH excluding ortho intramolecular Hbond substituents is 1. The lowest BCUT2D eigenvalue weighted by atomic mass is 10.0. The van der Waals surface area contributed by atoms with E-state index in [1.165, 1.54) is 0 Å². The average Bonchev–Trinajstić information content (AvgIpc) is 2.62. The number of fused-ring (bicyclic) bond motifs is 1. The van der Waals surface area contributed by atoms with Crippen LogP contribution in [0.3, 0.4) is 0 Å². The van der Waals surface area contributed by atoms with Crippen molar-refractivity contribution >= 4 is 16.7 Å². The van der Waals surface area contributed by atoms with Crippen molar-refractivity contribution in [2.45, 2.75) is 12.5 Å². The van der Waals surface area contributed by atoms with Crippen molar-refractivity contribution in [3.63, 3.8) is 0 Å². The molecule has 128 valence electrons. The molecule has 1 atom stereocenters. The molecule has 0 spiro atoms. The summed E-state index contributed by atoms with van der Waals surface area (Å²) in [5, 5.41) is 14.9. The van der Waals surface area contributed by atoms with Crippen molar-refractivity contribution in [2.75, 3.05) is 13.7 Å². The fourth-order valence-electron chi connectivity index (χ4n) is 3.01. The summed E-state index contributed by atoms with van der Waals surface area (Å²) in [6, 6.07) is 20.6. The lowest BCUT2D eigenvalue weighted by molar-refractivity contribution is 0.0896. The Kier molecular flexibility index (Phi) is 5.31. The molecule has 0 fully saturated rings. The van der Waals surface area contributed by atoms with Gasteiger partial charge in [-0.25, -0.2) is 0 Å². The van der Waals surface area contributed by atoms with E-state index in [9.17, 15) is 9.90 Å². The number of phenols is 1. The third kappa shape index (κ3) is 3.98. The SMILES string of the molecule is COC[C@H](Cc1ccccc1)NC(=O)c1c(O)ccc2ccccc12. The van der Waals surface area contributed by atoms with Crippen molar-refractivity contribution < 1.29 is 14.6 Å². The van der Waals surface area contributed by atoms with E-state index in [1.807, 2.05) is 54.6 Å². The van der Waals surface area contributed by atoms with Gasteiger partial charge in [0.2, 0.25) is 0 Å². The summed E-state index contributed by atoms with van der Waals surface area (Å²) in [6.07, 6.45) is 0.659. The first-order valence-corrected chi connectivity index (χ1v) is 8.23. The minimum absolute atomic E-state index is 0.0212. The molecule has 0 heterocycles. The van der Waals surface area contributed by atoms with Crippen LogP contribution in [0.4, 0.5) is 0 Å². The Bertz CT molecular complexity index is 861. The Labute approximate surface area is 147 Å². The molecule has 0 aliphatic carbocycles. The second-order valence-corrected chi connectivity index (χ2v) is 6.00. The topological polar surface area (TPSA) is 58.6 Å². The minimum atomic E-state index is -0.299. The summed E-state index contributed by atoms with van der Waals surface area (Å²) in [7, 11) is 1.61. The van der Waals surface area contributed by atoms with E-state index >= 15 is 0 Å². The molecule has 0 aliphatic heterocycles. The van der Waals surface area contributed by atoms with Crippen LogP contribution in [0, 0.1) is 0 Å². The minimum Gasteiger partial charge on any atom is -0.507 e. The number of rotatable bonds is 6. The van der Waals surface area contributed by atoms with Crippen molar-refractivity contribution in [3.8, 4) is 5.75 Å². The van der Waals surface area contributed by atoms with Crippen LogP contribution in [0.2, 0.25) is 0 Å². The van der Waals surface area contributed by atoms with E-state index in [-0.39, 0.29) is 17.7 Å². The van der Waals surface area contributed by atoms with E-state index in [2.05, 4.69) is 5.32 Å². The molecule has 0 saturated heterocycles. The predicted octanol–water partition coefficient (Wildman–Crippen LogP) is 3.53. The molecule has 0 unspecified atom stereocenters. The Morgan fingerprint density at radius 1 is 1.04 bits per heavy atom. The molecule has 0 bridgehead atoms. The quantitative estimate of drug-likeness (QED) is 0.724. The second kappa shape index (κ2) is 7.81. The second-order valence-electron chi connectivity index (χ2n) is 6.00. The molecule has 4 heteroatoms. The molecule has 4 nitrogen and oxygen atoms in total. The van der Waals surface area contributed by atoms with E-state index in [4.69, 9.17) is 4.74 Å². The number of carbonyl (C=O) groups is 1. The van der Waals surface area contributed by atoms with Crippen LogP contribution < -0.4 is 5.32 Å². The summed E-state index contributed by atoms with van der Waals surface area (Å²) in [5.41, 5.74) is 1.42. The van der Waals surface area contributed by atoms with Gasteiger partial charge in [0.1, 0.15) is 5.75 Å². The summed E-state index contributed by atoms with van der Waals surface area (Å²) in [4.78, 5) is 12.8. The molecule has 3 aromatic rings. The number of aromatic hydroxyl groups is 1. The van der Waals surface area contributed by atoms with Crippen molar-refractivity contribution in [1.82, 2.24) is 5.32 Å². The first-order valence-electron chi connectivity index (χ1n) is 8.23. The summed E-state index contributed by atoms with van der Waals surface area (Å²) in [5.74, 6) is -0.320. The number of benzene rings is 3. The van der Waals surface area contributed by atoms with Crippen LogP contribution in [0.5, 0.6) is 5.75 Å². The molecule has 0 radical (unpaired) electrons. The van der Waals surface area contributed by atoms with Crippen molar-refractivity contribution in [1.29, 1.82) is 0 Å². The van der Waals surface area contributed by atoms with E-state index in [0.29, 0.717) is 18.6 Å². The third-order valence-corrected chi connectivity index (χ3v) is 4.16. The van der Waals surface area contributed by atoms with Gasteiger partial charge in [0.15, 0.2) is 0 Å². The van der Waals surface area contributed by atoms with Gasteiger partial charge in [-0.1, -0.05) is 60.7 Å². The molecule has 3 aromatic carbocycles. The van der Waals surface area contributed by atoms with Gasteiger partial charge in [-0.2, -0.15) is 0 Å². The lowest BCUT2D eigenvalue weighted by Gasteiger charge is -2.19. The van der Waals surface area contributed by atoms with Crippen LogP contribution in [-0.4, -0.2) is 30.8 Å². The van der Waals surface area contributed by atoms with E-state index in [0.717, 1.165) is 16.3 Å². The molecule has 3 rings (SSSR count). The maximum atomic E-state index is 12.8. The number of hydrogen-bond acceptors (Lipinski definition) is 3. The van der Waals surface area contributed by atoms with Gasteiger partial charge in [-0.3, -0.25) is 4.79 Å². The largest absolute Gasteiger partial charge is 0.507 e. The Morgan fingerprint density at radius 3 is 2.52 bits per heavy atom. The number of ether oxygens (including phenoxy) is 1. The molecule has 2 N–H and O–H groups in total. The number of amides is 1. The fourth-order valence-corrected chi connectivity index (χ4v) is 3.01. The van der Waals surface area contributed by atoms with Crippen LogP contribution in [0.25, 0.3) is 10.8 Å². The van der Waals surface area contributed by atoms with Crippen molar-refractivity contribution in [2.24, 2.45) is 0 Å². The van der Waals surface area contributed by atoms with Crippen molar-refractivity contribution in [3.05, 3.63) is 77.9 Å². The zero-order valence-corrected chi connectivity index (χ0v) is 14.1. The van der Waals surface area contributed by atoms with Crippen LogP contribution in [0.15, 0.2) is 66.7 Å². The zero-order valence-electron chi connectivity index (χ0n) is 14.1. The average molecular weight is 335 g/mol. The summed E-state index contributed by atoms with van der Waals surface area (Å²) < 4.78 is 5.25. The van der Waals surface area contributed by atoms with E-state index < -0.39 is 0 Å². The van der Waals surface area contributed by atoms with Gasteiger partial charge in [0, 0.05) is 7.11 Å². The van der Waals surface area contributed by atoms with Gasteiger partial charge in [0.05, 0.1) is 18.2 Å². The summed E-state index contributed by atoms with van der Waals surface area (Å²) in [6.45, 7) is 0.395. The summed E-state index contributed by atoms with van der Waals surface area (Å²) >= 11 is 0. The highest BCUT2D eigenvalue weighted by molar-refractivity contribution is 6.09. The highest BCUT2D eigenvalue weighted by Gasteiger charge is 2.19. The number of hydrogen-bond donors (Lipinski definition) is 2. The first-order chi connectivity index (χ1) is 12.2. The fraction of sp³-hybridized carbons (Fsp3) is 0.190. The third-order valence-electron chi connectivity index (χ3n) is 4.16. The molecular formula is C21H21NO3. The maximum absolute atomic E-state index is 12.8. The van der Waals surface area contributed by atoms with Gasteiger partial charge < -0.3 is 15.2 Å². The highest BCUT2D eigenvalue weighted by Crippen LogP contribution is 2.27. The Morgan fingerprint density at radius 2 is 1.76 bits per heavy atom. The smallest absolute Gasteiger partial charge is 0.255 e. The number of nitrogens with one attached hydrogen (secondary N) is 1. The molecule has 0 aromatic heterocycles. The van der Waals surface area contributed by atoms with Crippen LogP contribution in [-0.2, 0) is 11.2 Å². The highest BCUT2D eigenvalue weighted by atomic mass is 16.5. The van der Waals surface area contributed by atoms with Gasteiger partial charge in [-0.15, -0.1) is 0 Å². The first kappa shape index (κ1) is 17.0. The molecule has 25 heavy (non-hydrogen) atoms. The van der Waals surface area contributed by atoms with Crippen LogP contribution in [0.1, 0.15) is 15.9 Å². The van der Waals surface area contributed by atoms with Gasteiger partial charge in [-0.05, 0) is 28.8 Å². The van der Waals surface area contributed by atoms with Crippen LogP contribution >= 0.6 is 0 Å². The number of methoxy groups -OCH3 is 1. The number of carbonyl (C=O) groups excluding carboxylic acids is 1. The lowest BCUT2D eigenvalue weighted by Crippen LogP contribution is -2.39. The Balaban J connectivity index is 1.85. The molecule has 0 saturated carbocycles. The molecule has 1 amide bonds. The predicted molar refractivity (Wildman–Crippen MR) is 98.9 cm³/mol. The normalized spacial score (nSPS) is 12.0. The maximum Gasteiger partial charge on any atom is 0.255 e.